The molecule has 4 heterocycles. The lowest BCUT2D eigenvalue weighted by atomic mass is 9.83. The average Bonchev–Trinajstić information content (AvgIpc) is 3.17. The van der Waals surface area contributed by atoms with Crippen molar-refractivity contribution in [3.8, 4) is 11.3 Å². The van der Waals surface area contributed by atoms with Crippen molar-refractivity contribution in [1.82, 2.24) is 25.4 Å². The van der Waals surface area contributed by atoms with Crippen LogP contribution in [0.5, 0.6) is 0 Å². The Bertz CT molecular complexity index is 712. The summed E-state index contributed by atoms with van der Waals surface area (Å²) in [7, 11) is 0. The number of aromatic nitrogens is 3. The van der Waals surface area contributed by atoms with Crippen LogP contribution in [0.15, 0.2) is 30.6 Å². The van der Waals surface area contributed by atoms with Gasteiger partial charge in [-0.05, 0) is 62.9 Å². The number of nitrogens with one attached hydrogen (secondary N) is 2. The van der Waals surface area contributed by atoms with Gasteiger partial charge >= 0.3 is 0 Å². The van der Waals surface area contributed by atoms with E-state index >= 15 is 0 Å². The van der Waals surface area contributed by atoms with Gasteiger partial charge in [0.25, 0.3) is 5.91 Å². The number of hydrogen-bond donors (Lipinski definition) is 2. The van der Waals surface area contributed by atoms with Crippen LogP contribution in [0.25, 0.3) is 11.3 Å². The van der Waals surface area contributed by atoms with Crippen LogP contribution < -0.4 is 5.32 Å². The number of hydrogen-bond acceptors (Lipinski definition) is 4. The van der Waals surface area contributed by atoms with E-state index in [1.807, 2.05) is 12.1 Å². The topological polar surface area (TPSA) is 73.9 Å². The zero-order valence-electron chi connectivity index (χ0n) is 14.4. The van der Waals surface area contributed by atoms with E-state index in [0.29, 0.717) is 17.7 Å². The van der Waals surface area contributed by atoms with Crippen LogP contribution >= 0.6 is 0 Å². The van der Waals surface area contributed by atoms with E-state index in [9.17, 15) is 4.79 Å². The fourth-order valence-electron chi connectivity index (χ4n) is 4.23. The van der Waals surface area contributed by atoms with Gasteiger partial charge in [-0.15, -0.1) is 0 Å². The number of aromatic amines is 1. The molecule has 2 aromatic rings. The molecule has 0 bridgehead atoms. The lowest BCUT2D eigenvalue weighted by Gasteiger charge is -2.44. The van der Waals surface area contributed by atoms with Gasteiger partial charge in [0, 0.05) is 30.5 Å². The van der Waals surface area contributed by atoms with Crippen molar-refractivity contribution in [1.29, 1.82) is 0 Å². The molecule has 132 valence electrons. The van der Waals surface area contributed by atoms with Gasteiger partial charge in [0.15, 0.2) is 0 Å². The normalized spacial score (nSPS) is 23.8. The molecule has 0 radical (unpaired) electrons. The van der Waals surface area contributed by atoms with Crippen LogP contribution in [0.1, 0.15) is 42.6 Å². The van der Waals surface area contributed by atoms with Crippen LogP contribution in [0.2, 0.25) is 0 Å². The van der Waals surface area contributed by atoms with Crippen molar-refractivity contribution in [3.63, 3.8) is 0 Å². The highest BCUT2D eigenvalue weighted by atomic mass is 16.1. The Labute approximate surface area is 148 Å². The zero-order valence-corrected chi connectivity index (χ0v) is 14.4. The maximum absolute atomic E-state index is 12.5. The predicted octanol–water partition coefficient (Wildman–Crippen LogP) is 2.47. The first-order valence-corrected chi connectivity index (χ1v) is 9.29. The molecule has 1 unspecified atom stereocenters. The number of nitrogens with zero attached hydrogens (tertiary/aromatic N) is 3. The van der Waals surface area contributed by atoms with Gasteiger partial charge in [0.2, 0.25) is 0 Å². The van der Waals surface area contributed by atoms with E-state index < -0.39 is 0 Å². The van der Waals surface area contributed by atoms with Gasteiger partial charge in [-0.2, -0.15) is 5.10 Å². The van der Waals surface area contributed by atoms with Crippen LogP contribution in [-0.2, 0) is 0 Å². The second kappa shape index (κ2) is 7.35. The molecule has 4 rings (SSSR count). The van der Waals surface area contributed by atoms with Crippen LogP contribution in [-0.4, -0.2) is 51.7 Å². The number of amides is 1. The third-order valence-corrected chi connectivity index (χ3v) is 5.53. The van der Waals surface area contributed by atoms with Crippen molar-refractivity contribution >= 4 is 5.91 Å². The molecule has 0 saturated carbocycles. The Kier molecular flexibility index (Phi) is 4.78. The second-order valence-corrected chi connectivity index (χ2v) is 7.12. The molecular formula is C19H25N5O. The summed E-state index contributed by atoms with van der Waals surface area (Å²) in [6.45, 7) is 3.20. The van der Waals surface area contributed by atoms with Gasteiger partial charge in [0.1, 0.15) is 5.69 Å². The second-order valence-electron chi connectivity index (χ2n) is 7.12. The lowest BCUT2D eigenvalue weighted by molar-refractivity contribution is 0.0575. The van der Waals surface area contributed by atoms with Gasteiger partial charge in [-0.3, -0.25) is 14.9 Å². The Hall–Kier alpha value is -2.21. The van der Waals surface area contributed by atoms with Crippen molar-refractivity contribution in [2.24, 2.45) is 5.92 Å². The highest BCUT2D eigenvalue weighted by Crippen LogP contribution is 2.30. The maximum Gasteiger partial charge on any atom is 0.269 e. The number of piperidine rings is 2. The molecule has 2 aliphatic heterocycles. The largest absolute Gasteiger partial charge is 0.350 e. The molecule has 0 spiro atoms. The highest BCUT2D eigenvalue weighted by molar-refractivity contribution is 5.93. The third kappa shape index (κ3) is 3.58. The van der Waals surface area contributed by atoms with E-state index in [1.54, 1.807) is 18.5 Å². The van der Waals surface area contributed by atoms with E-state index in [4.69, 9.17) is 0 Å². The smallest absolute Gasteiger partial charge is 0.269 e. The molecule has 1 amide bonds. The van der Waals surface area contributed by atoms with E-state index in [-0.39, 0.29) is 5.91 Å². The number of fused-ring (bicyclic) bond motifs is 1. The first-order valence-electron chi connectivity index (χ1n) is 9.29. The summed E-state index contributed by atoms with van der Waals surface area (Å²) in [5, 5.41) is 10.2. The molecule has 6 nitrogen and oxygen atoms in total. The molecule has 25 heavy (non-hydrogen) atoms. The number of pyridine rings is 1. The molecule has 6 heteroatoms. The summed E-state index contributed by atoms with van der Waals surface area (Å²) in [6, 6.07) is 6.24. The fraction of sp³-hybridized carbons (Fsp3) is 0.526. The summed E-state index contributed by atoms with van der Waals surface area (Å²) < 4.78 is 0. The van der Waals surface area contributed by atoms with Crippen molar-refractivity contribution in [2.75, 3.05) is 19.6 Å². The van der Waals surface area contributed by atoms with Crippen LogP contribution in [0.4, 0.5) is 0 Å². The molecule has 2 atom stereocenters. The minimum absolute atomic E-state index is 0.0735. The van der Waals surface area contributed by atoms with Gasteiger partial charge in [0.05, 0.1) is 5.69 Å². The Morgan fingerprint density at radius 2 is 2.20 bits per heavy atom. The SMILES string of the molecule is O=C(NC[C@@H]1CCCN2CCCCC12)c1cc(-c2cccnc2)n[nH]1. The summed E-state index contributed by atoms with van der Waals surface area (Å²) >= 11 is 0. The summed E-state index contributed by atoms with van der Waals surface area (Å²) in [6.07, 6.45) is 9.84. The molecule has 2 saturated heterocycles. The van der Waals surface area contributed by atoms with Crippen molar-refractivity contribution in [2.45, 2.75) is 38.1 Å². The first kappa shape index (κ1) is 16.3. The first-order chi connectivity index (χ1) is 12.3. The number of rotatable bonds is 4. The minimum atomic E-state index is -0.0735. The van der Waals surface area contributed by atoms with E-state index in [0.717, 1.165) is 17.8 Å². The Balaban J connectivity index is 1.37. The number of carbonyl (C=O) groups excluding carboxylic acids is 1. The molecule has 2 N–H and O–H groups in total. The van der Waals surface area contributed by atoms with Crippen LogP contribution in [0, 0.1) is 5.92 Å². The molecule has 0 aromatic carbocycles. The van der Waals surface area contributed by atoms with E-state index in [1.165, 1.54) is 45.2 Å². The molecular weight excluding hydrogens is 314 g/mol. The number of carbonyl (C=O) groups is 1. The predicted molar refractivity (Wildman–Crippen MR) is 96.1 cm³/mol. The monoisotopic (exact) mass is 339 g/mol. The average molecular weight is 339 g/mol. The fourth-order valence-corrected chi connectivity index (χ4v) is 4.23. The van der Waals surface area contributed by atoms with Gasteiger partial charge in [-0.25, -0.2) is 0 Å². The van der Waals surface area contributed by atoms with Gasteiger partial charge < -0.3 is 10.2 Å². The maximum atomic E-state index is 12.5. The standard InChI is InChI=1S/C19H25N5O/c25-19(17-11-16(22-23-17)14-5-3-8-20-12-14)21-13-15-6-4-10-24-9-2-1-7-18(15)24/h3,5,8,11-12,15,18H,1-2,4,6-7,9-10,13H2,(H,21,25)(H,22,23)/t15-,18?/m0/s1. The highest BCUT2D eigenvalue weighted by Gasteiger charge is 2.33. The molecule has 2 aromatic heterocycles. The molecule has 2 fully saturated rings. The van der Waals surface area contributed by atoms with Crippen LogP contribution in [0.3, 0.4) is 0 Å². The molecule has 2 aliphatic rings. The number of H-pyrrole nitrogens is 1. The summed E-state index contributed by atoms with van der Waals surface area (Å²) in [5.74, 6) is 0.495. The van der Waals surface area contributed by atoms with E-state index in [2.05, 4.69) is 25.4 Å². The Morgan fingerprint density at radius 1 is 1.28 bits per heavy atom. The summed E-state index contributed by atoms with van der Waals surface area (Å²) in [5.41, 5.74) is 2.16. The minimum Gasteiger partial charge on any atom is -0.350 e. The quantitative estimate of drug-likeness (QED) is 0.897. The third-order valence-electron chi connectivity index (χ3n) is 5.53. The molecule has 0 aliphatic carbocycles. The van der Waals surface area contributed by atoms with Crippen molar-refractivity contribution < 1.29 is 4.79 Å². The Morgan fingerprint density at radius 3 is 3.08 bits per heavy atom. The zero-order chi connectivity index (χ0) is 17.1. The van der Waals surface area contributed by atoms with Crippen molar-refractivity contribution in [3.05, 3.63) is 36.3 Å². The lowest BCUT2D eigenvalue weighted by Crippen LogP contribution is -2.51. The summed E-state index contributed by atoms with van der Waals surface area (Å²) in [4.78, 5) is 19.2. The van der Waals surface area contributed by atoms with Gasteiger partial charge in [-0.1, -0.05) is 6.42 Å².